The molecule has 1 saturated heterocycles. The van der Waals surface area contributed by atoms with E-state index in [1.54, 1.807) is 67.6 Å². The molecule has 0 spiro atoms. The number of aliphatic hydroxyl groups excluding tert-OH is 1. The number of fused-ring (bicyclic) bond motifs is 4. The number of ether oxygens (including phenoxy) is 13. The molecule has 116 heavy (non-hydrogen) atoms. The molecule has 3 aromatic rings. The Balaban J connectivity index is 0.568. The van der Waals surface area contributed by atoms with Crippen molar-refractivity contribution in [2.75, 3.05) is 156 Å². The van der Waals surface area contributed by atoms with Crippen LogP contribution in [-0.2, 0) is 73.2 Å². The Morgan fingerprint density at radius 1 is 0.578 bits per heavy atom. The first-order chi connectivity index (χ1) is 56.2. The van der Waals surface area contributed by atoms with Crippen molar-refractivity contribution < 1.29 is 105 Å². The maximum absolute atomic E-state index is 14.3. The van der Waals surface area contributed by atoms with Crippen LogP contribution in [-0.4, -0.2) is 256 Å². The summed E-state index contributed by atoms with van der Waals surface area (Å²) in [4.78, 5) is 117. The molecule has 1 saturated carbocycles. The summed E-state index contributed by atoms with van der Waals surface area (Å²) in [5.41, 5.74) is 3.93. The van der Waals surface area contributed by atoms with Crippen molar-refractivity contribution in [1.82, 2.24) is 30.7 Å². The molecule has 32 heteroatoms. The molecule has 32 nitrogen and oxygen atoms in total. The third kappa shape index (κ3) is 27.5. The van der Waals surface area contributed by atoms with Crippen LogP contribution in [0.1, 0.15) is 164 Å². The number of amidine groups is 1. The summed E-state index contributed by atoms with van der Waals surface area (Å²) in [6.07, 6.45) is 15.8. The van der Waals surface area contributed by atoms with Crippen molar-refractivity contribution in [2.45, 2.75) is 174 Å². The third-order valence-corrected chi connectivity index (χ3v) is 20.9. The number of carbonyl (C=O) groups excluding carboxylic acids is 8. The van der Waals surface area contributed by atoms with Gasteiger partial charge in [-0.1, -0.05) is 75.7 Å². The van der Waals surface area contributed by atoms with E-state index >= 15 is 0 Å². The lowest BCUT2D eigenvalue weighted by atomic mass is 9.83. The number of nitrogens with one attached hydrogen (secondary N) is 5. The number of hydrogen-bond donors (Lipinski definition) is 6. The zero-order chi connectivity index (χ0) is 82.7. The highest BCUT2D eigenvalue weighted by molar-refractivity contribution is 6.08. The standard InChI is InChI=1S/C84H120N10O22/c1-56(2)77(90-75(96)24-29-106-31-33-108-35-37-110-39-41-112-43-44-113-42-40-111-38-36-109-34-32-107-30-25-86-74(95)23-26-91-76(97)49-64(78(91)85)61-17-13-10-8-9-11-14-18-61)80(99)88-59(5)79(98)89-62-21-19-60(20-22-62)55-116-84(103)94-68-51-73(71(105-7)48-66(68)82(101)93-54-58(4)46-69(93)83(94)102)115-28-16-12-15-27-114-72-50-67-65(47-70(72)104-6)81(100)92-53-57(3)45-63(92)52-87-67/h19-22,47-48,50-54,56,59,61,63-64,69,77,83,85,102H,8-18,23-46,49,55H2,1-7H3,(H,86,95)(H,88,99)(H,89,98)(H,90,96)/t59-,63-,64?,69-,77-,83-/m0/s1. The van der Waals surface area contributed by atoms with Crippen molar-refractivity contribution in [3.05, 3.63) is 88.8 Å². The van der Waals surface area contributed by atoms with Crippen LogP contribution in [0, 0.1) is 23.2 Å². The minimum absolute atomic E-state index is 0.0117. The summed E-state index contributed by atoms with van der Waals surface area (Å²) in [6, 6.07) is 9.96. The van der Waals surface area contributed by atoms with Gasteiger partial charge in [0.25, 0.3) is 11.8 Å². The fourth-order valence-corrected chi connectivity index (χ4v) is 14.5. The lowest BCUT2D eigenvalue weighted by Gasteiger charge is -2.31. The van der Waals surface area contributed by atoms with Crippen molar-refractivity contribution in [1.29, 1.82) is 5.41 Å². The molecular formula is C84H120N10O22. The fraction of sp³-hybridized carbons (Fsp3) is 0.619. The Labute approximate surface area is 680 Å². The molecule has 9 rings (SSSR count). The molecule has 638 valence electrons. The van der Waals surface area contributed by atoms with Gasteiger partial charge in [-0.15, -0.1) is 0 Å². The Morgan fingerprint density at radius 3 is 1.70 bits per heavy atom. The number of aliphatic hydroxyl groups is 1. The smallest absolute Gasteiger partial charge is 0.416 e. The molecule has 0 radical (unpaired) electrons. The van der Waals surface area contributed by atoms with Crippen molar-refractivity contribution in [3.63, 3.8) is 0 Å². The van der Waals surface area contributed by atoms with E-state index in [9.17, 15) is 43.5 Å². The summed E-state index contributed by atoms with van der Waals surface area (Å²) in [5.74, 6) is -0.496. The van der Waals surface area contributed by atoms with E-state index in [0.717, 1.165) is 48.2 Å². The van der Waals surface area contributed by atoms with Crippen molar-refractivity contribution in [2.24, 2.45) is 22.7 Å². The van der Waals surface area contributed by atoms with Crippen LogP contribution in [0.4, 0.5) is 21.9 Å². The van der Waals surface area contributed by atoms with Crippen LogP contribution in [0.2, 0.25) is 0 Å². The van der Waals surface area contributed by atoms with E-state index in [2.05, 4.69) is 26.3 Å². The van der Waals surface area contributed by atoms with Gasteiger partial charge in [0.2, 0.25) is 29.5 Å². The molecular weight excluding hydrogens is 1500 g/mol. The van der Waals surface area contributed by atoms with Gasteiger partial charge in [0.05, 0.1) is 168 Å². The molecule has 3 aromatic carbocycles. The number of amides is 8. The normalized spacial score (nSPS) is 18.7. The largest absolute Gasteiger partial charge is 0.493 e. The first-order valence-electron chi connectivity index (χ1n) is 40.9. The monoisotopic (exact) mass is 1620 g/mol. The lowest BCUT2D eigenvalue weighted by Crippen LogP contribution is -2.53. The van der Waals surface area contributed by atoms with Gasteiger partial charge in [-0.25, -0.2) is 9.69 Å². The number of rotatable bonds is 49. The predicted molar refractivity (Wildman–Crippen MR) is 431 cm³/mol. The maximum atomic E-state index is 14.3. The lowest BCUT2D eigenvalue weighted by molar-refractivity contribution is -0.132. The Kier molecular flexibility index (Phi) is 37.5. The molecule has 2 fully saturated rings. The van der Waals surface area contributed by atoms with E-state index in [4.69, 9.17) is 67.0 Å². The number of nitrogens with zero attached hydrogens (tertiary/aromatic N) is 5. The summed E-state index contributed by atoms with van der Waals surface area (Å²) >= 11 is 0. The Hall–Kier alpha value is -9.12. The van der Waals surface area contributed by atoms with Crippen molar-refractivity contribution in [3.8, 4) is 23.0 Å². The molecule has 5 heterocycles. The molecule has 1 aliphatic carbocycles. The molecule has 1 unspecified atom stereocenters. The second-order valence-electron chi connectivity index (χ2n) is 30.0. The highest BCUT2D eigenvalue weighted by Crippen LogP contribution is 2.43. The van der Waals surface area contributed by atoms with E-state index < -0.39 is 54.1 Å². The molecule has 8 amide bonds. The van der Waals surface area contributed by atoms with Gasteiger partial charge in [0, 0.05) is 74.7 Å². The quantitative estimate of drug-likeness (QED) is 0.0287. The van der Waals surface area contributed by atoms with Crippen LogP contribution in [0.15, 0.2) is 77.1 Å². The minimum Gasteiger partial charge on any atom is -0.493 e. The first-order valence-corrected chi connectivity index (χ1v) is 40.9. The van der Waals surface area contributed by atoms with Gasteiger partial charge in [-0.3, -0.25) is 44.0 Å². The van der Waals surface area contributed by atoms with Crippen LogP contribution < -0.4 is 45.1 Å². The predicted octanol–water partition coefficient (Wildman–Crippen LogP) is 8.95. The second-order valence-corrected chi connectivity index (χ2v) is 30.0. The number of aliphatic imine (C=N–C) groups is 1. The highest BCUT2D eigenvalue weighted by Gasteiger charge is 2.46. The fourth-order valence-electron chi connectivity index (χ4n) is 14.5. The number of methoxy groups -OCH3 is 2. The zero-order valence-electron chi connectivity index (χ0n) is 68.4. The van der Waals surface area contributed by atoms with Gasteiger partial charge < -0.3 is 103 Å². The van der Waals surface area contributed by atoms with Gasteiger partial charge >= 0.3 is 6.09 Å². The zero-order valence-corrected chi connectivity index (χ0v) is 68.4. The van der Waals surface area contributed by atoms with E-state index in [0.29, 0.717) is 177 Å². The van der Waals surface area contributed by atoms with Gasteiger partial charge in [-0.05, 0) is 107 Å². The first kappa shape index (κ1) is 90.8. The average molecular weight is 1620 g/mol. The van der Waals surface area contributed by atoms with E-state index in [1.165, 1.54) is 68.8 Å². The topological polar surface area (TPSA) is 374 Å². The van der Waals surface area contributed by atoms with Gasteiger partial charge in [-0.2, -0.15) is 0 Å². The molecule has 5 aliphatic heterocycles. The van der Waals surface area contributed by atoms with E-state index in [1.807, 2.05) is 20.0 Å². The van der Waals surface area contributed by atoms with Crippen LogP contribution in [0.3, 0.4) is 0 Å². The minimum atomic E-state index is -1.53. The number of anilines is 2. The van der Waals surface area contributed by atoms with Crippen LogP contribution in [0.25, 0.3) is 0 Å². The molecule has 6 N–H and O–H groups in total. The molecule has 6 aliphatic rings. The Morgan fingerprint density at radius 2 is 1.11 bits per heavy atom. The van der Waals surface area contributed by atoms with E-state index in [-0.39, 0.29) is 111 Å². The maximum Gasteiger partial charge on any atom is 0.416 e. The summed E-state index contributed by atoms with van der Waals surface area (Å²) < 4.78 is 74.0. The molecule has 0 aromatic heterocycles. The van der Waals surface area contributed by atoms with Crippen LogP contribution >= 0.6 is 0 Å². The number of hydrogen-bond acceptors (Lipinski definition) is 24. The summed E-state index contributed by atoms with van der Waals surface area (Å²) in [5, 5.41) is 31.7. The third-order valence-electron chi connectivity index (χ3n) is 20.9. The molecule has 0 bridgehead atoms. The number of likely N-dealkylation sites (tertiary alicyclic amines) is 1. The average Bonchev–Trinajstić information content (AvgIpc) is 1.60. The SMILES string of the molecule is COc1cc2c(cc1OCCCCCOc1cc3c(cc1OC)C(=O)N1C=C(C)C[C@H]1[C@H](O)N3C(=O)OCc1ccc(NC(=O)[C@H](C)NC(=O)[C@@H](NC(=O)CCOCCOCCOCCOCCOCCOCCOCCOCCNC(=O)CCN3C(=N)C(C4CCCCCCCC4)CC3=O)C(C)C)cc1)N=C[C@@H]1CC(C)=CN1C2=O. The van der Waals surface area contributed by atoms with Crippen molar-refractivity contribution >= 4 is 76.6 Å². The van der Waals surface area contributed by atoms with Gasteiger partial charge in [0.1, 0.15) is 24.5 Å². The second kappa shape index (κ2) is 47.9. The highest BCUT2D eigenvalue weighted by atomic mass is 16.6. The Bertz CT molecular complexity index is 3830. The number of unbranched alkanes of at least 4 members (excludes halogenated alkanes) is 2. The van der Waals surface area contributed by atoms with Gasteiger partial charge in [0.15, 0.2) is 29.2 Å². The van der Waals surface area contributed by atoms with Crippen LogP contribution in [0.5, 0.6) is 23.0 Å². The summed E-state index contributed by atoms with van der Waals surface area (Å²) in [6.45, 7) is 15.4. The summed E-state index contributed by atoms with van der Waals surface area (Å²) in [7, 11) is 2.97. The molecule has 6 atom stereocenters. The number of carbonyl (C=O) groups is 8. The number of benzene rings is 3.